The second kappa shape index (κ2) is 12.3. The number of anilines is 1. The third-order valence-corrected chi connectivity index (χ3v) is 5.52. The van der Waals surface area contributed by atoms with Crippen LogP contribution in [0.5, 0.6) is 11.5 Å². The van der Waals surface area contributed by atoms with Crippen LogP contribution < -0.4 is 20.1 Å². The number of guanidine groups is 1. The van der Waals surface area contributed by atoms with Crippen molar-refractivity contribution in [3.8, 4) is 11.5 Å². The van der Waals surface area contributed by atoms with Gasteiger partial charge in [-0.2, -0.15) is 0 Å². The molecule has 1 unspecified atom stereocenters. The van der Waals surface area contributed by atoms with Gasteiger partial charge in [-0.25, -0.2) is 4.99 Å². The average molecular weight is 552 g/mol. The molecule has 8 heteroatoms. The molecule has 0 spiro atoms. The molecule has 2 aromatic carbocycles. The van der Waals surface area contributed by atoms with Crippen LogP contribution in [-0.4, -0.2) is 63.5 Å². The van der Waals surface area contributed by atoms with E-state index in [0.29, 0.717) is 26.3 Å². The summed E-state index contributed by atoms with van der Waals surface area (Å²) in [7, 11) is 2.12. The first-order valence-corrected chi connectivity index (χ1v) is 11.0. The van der Waals surface area contributed by atoms with Gasteiger partial charge in [0.2, 0.25) is 0 Å². The Morgan fingerprint density at radius 1 is 1.09 bits per heavy atom. The molecule has 2 aromatic rings. The molecule has 32 heavy (non-hydrogen) atoms. The summed E-state index contributed by atoms with van der Waals surface area (Å²) in [5, 5.41) is 6.88. The van der Waals surface area contributed by atoms with Gasteiger partial charge < -0.3 is 29.7 Å². The molecule has 2 heterocycles. The number of fused-ring (bicyclic) bond motifs is 1. The maximum atomic E-state index is 5.90. The van der Waals surface area contributed by atoms with E-state index in [-0.39, 0.29) is 30.1 Å². The minimum Gasteiger partial charge on any atom is -0.490 e. The molecular formula is C24H33IN4O3. The highest BCUT2D eigenvalue weighted by molar-refractivity contribution is 14.0. The largest absolute Gasteiger partial charge is 0.490 e. The monoisotopic (exact) mass is 552 g/mol. The lowest BCUT2D eigenvalue weighted by atomic mass is 10.1. The first-order chi connectivity index (χ1) is 15.2. The molecular weight excluding hydrogens is 519 g/mol. The van der Waals surface area contributed by atoms with Gasteiger partial charge in [-0.05, 0) is 37.2 Å². The average Bonchev–Trinajstić information content (AvgIpc) is 3.02. The van der Waals surface area contributed by atoms with Crippen molar-refractivity contribution >= 4 is 35.6 Å². The predicted octanol–water partition coefficient (Wildman–Crippen LogP) is 3.66. The summed E-state index contributed by atoms with van der Waals surface area (Å²) >= 11 is 0. The van der Waals surface area contributed by atoms with Crippen molar-refractivity contribution in [3.05, 3.63) is 53.6 Å². The molecule has 0 aliphatic carbocycles. The van der Waals surface area contributed by atoms with E-state index >= 15 is 0 Å². The Labute approximate surface area is 207 Å². The number of hydrogen-bond acceptors (Lipinski definition) is 5. The van der Waals surface area contributed by atoms with Gasteiger partial charge in [-0.15, -0.1) is 24.0 Å². The van der Waals surface area contributed by atoms with Crippen molar-refractivity contribution < 1.29 is 14.2 Å². The van der Waals surface area contributed by atoms with Crippen LogP contribution >= 0.6 is 24.0 Å². The SMILES string of the molecule is Cc1ccccc1CN=C(NCC1CN(C)CCO1)Nc1ccc2c(c1)OCCCO2.I. The lowest BCUT2D eigenvalue weighted by Gasteiger charge is -2.30. The fourth-order valence-electron chi connectivity index (χ4n) is 3.67. The minimum absolute atomic E-state index is 0. The second-order valence-electron chi connectivity index (χ2n) is 8.06. The summed E-state index contributed by atoms with van der Waals surface area (Å²) in [5.41, 5.74) is 3.34. The Hall–Kier alpha value is -2.04. The van der Waals surface area contributed by atoms with Gasteiger partial charge in [0.05, 0.1) is 32.5 Å². The molecule has 174 valence electrons. The standard InChI is InChI=1S/C24H32N4O3.HI/c1-18-6-3-4-7-19(18)15-25-24(26-16-21-17-28(2)10-13-29-21)27-20-8-9-22-23(14-20)31-12-5-11-30-22;/h3-4,6-9,14,21H,5,10-13,15-17H2,1-2H3,(H2,25,26,27);1H. The number of nitrogens with one attached hydrogen (secondary N) is 2. The van der Waals surface area contributed by atoms with E-state index in [1.165, 1.54) is 11.1 Å². The van der Waals surface area contributed by atoms with Crippen LogP contribution in [0.2, 0.25) is 0 Å². The van der Waals surface area contributed by atoms with Gasteiger partial charge in [0.15, 0.2) is 17.5 Å². The predicted molar refractivity (Wildman–Crippen MR) is 139 cm³/mol. The van der Waals surface area contributed by atoms with Gasteiger partial charge >= 0.3 is 0 Å². The van der Waals surface area contributed by atoms with Gasteiger partial charge in [-0.1, -0.05) is 24.3 Å². The highest BCUT2D eigenvalue weighted by atomic mass is 127. The fraction of sp³-hybridized carbons (Fsp3) is 0.458. The Morgan fingerprint density at radius 2 is 1.91 bits per heavy atom. The number of benzene rings is 2. The summed E-state index contributed by atoms with van der Waals surface area (Å²) in [5.74, 6) is 2.26. The van der Waals surface area contributed by atoms with Crippen molar-refractivity contribution in [1.82, 2.24) is 10.2 Å². The molecule has 7 nitrogen and oxygen atoms in total. The van der Waals surface area contributed by atoms with E-state index in [9.17, 15) is 0 Å². The van der Waals surface area contributed by atoms with E-state index in [1.54, 1.807) is 0 Å². The van der Waals surface area contributed by atoms with Crippen molar-refractivity contribution in [1.29, 1.82) is 0 Å². The van der Waals surface area contributed by atoms with Gasteiger partial charge in [-0.3, -0.25) is 0 Å². The van der Waals surface area contributed by atoms with Crippen molar-refractivity contribution in [3.63, 3.8) is 0 Å². The van der Waals surface area contributed by atoms with Gasteiger partial charge in [0.25, 0.3) is 0 Å². The summed E-state index contributed by atoms with van der Waals surface area (Å²) in [6, 6.07) is 14.2. The molecule has 0 bridgehead atoms. The lowest BCUT2D eigenvalue weighted by molar-refractivity contribution is -0.0160. The second-order valence-corrected chi connectivity index (χ2v) is 8.06. The van der Waals surface area contributed by atoms with E-state index in [1.807, 2.05) is 24.3 Å². The Kier molecular flexibility index (Phi) is 9.43. The van der Waals surface area contributed by atoms with Crippen LogP contribution in [0.25, 0.3) is 0 Å². The Morgan fingerprint density at radius 3 is 2.72 bits per heavy atom. The number of rotatable bonds is 5. The molecule has 1 atom stereocenters. The van der Waals surface area contributed by atoms with E-state index < -0.39 is 0 Å². The number of ether oxygens (including phenoxy) is 3. The molecule has 2 N–H and O–H groups in total. The number of aryl methyl sites for hydroxylation is 1. The highest BCUT2D eigenvalue weighted by Crippen LogP contribution is 2.32. The fourth-order valence-corrected chi connectivity index (χ4v) is 3.67. The third kappa shape index (κ3) is 6.98. The summed E-state index contributed by atoms with van der Waals surface area (Å²) in [6.45, 7) is 7.37. The summed E-state index contributed by atoms with van der Waals surface area (Å²) in [4.78, 5) is 7.13. The van der Waals surface area contributed by atoms with Crippen LogP contribution in [0, 0.1) is 6.92 Å². The number of hydrogen-bond donors (Lipinski definition) is 2. The normalized spacial score (nSPS) is 18.9. The van der Waals surface area contributed by atoms with E-state index in [0.717, 1.165) is 49.3 Å². The van der Waals surface area contributed by atoms with Crippen LogP contribution in [0.3, 0.4) is 0 Å². The van der Waals surface area contributed by atoms with Crippen LogP contribution in [0.15, 0.2) is 47.5 Å². The number of halogens is 1. The maximum Gasteiger partial charge on any atom is 0.196 e. The molecule has 0 amide bonds. The zero-order valence-electron chi connectivity index (χ0n) is 18.8. The summed E-state index contributed by atoms with van der Waals surface area (Å²) in [6.07, 6.45) is 1.02. The van der Waals surface area contributed by atoms with Crippen molar-refractivity contribution in [2.75, 3.05) is 51.8 Å². The van der Waals surface area contributed by atoms with Crippen LogP contribution in [0.4, 0.5) is 5.69 Å². The van der Waals surface area contributed by atoms with Gasteiger partial charge in [0, 0.05) is 37.8 Å². The Balaban J connectivity index is 0.00000289. The van der Waals surface area contributed by atoms with E-state index in [4.69, 9.17) is 19.2 Å². The molecule has 0 saturated carbocycles. The smallest absolute Gasteiger partial charge is 0.196 e. The molecule has 1 fully saturated rings. The van der Waals surface area contributed by atoms with Gasteiger partial charge in [0.1, 0.15) is 0 Å². The first kappa shape index (κ1) is 24.6. The topological polar surface area (TPSA) is 67.4 Å². The molecule has 0 aromatic heterocycles. The summed E-state index contributed by atoms with van der Waals surface area (Å²) < 4.78 is 17.5. The zero-order chi connectivity index (χ0) is 21.5. The van der Waals surface area contributed by atoms with Crippen LogP contribution in [0.1, 0.15) is 17.5 Å². The molecule has 0 radical (unpaired) electrons. The number of likely N-dealkylation sites (N-methyl/N-ethyl adjacent to an activating group) is 1. The van der Waals surface area contributed by atoms with Crippen LogP contribution in [-0.2, 0) is 11.3 Å². The lowest BCUT2D eigenvalue weighted by Crippen LogP contribution is -2.47. The van der Waals surface area contributed by atoms with Crippen molar-refractivity contribution in [2.45, 2.75) is 26.0 Å². The number of aliphatic imine (C=N–C) groups is 1. The Bertz CT molecular complexity index is 909. The molecule has 2 aliphatic heterocycles. The maximum absolute atomic E-state index is 5.90. The zero-order valence-corrected chi connectivity index (χ0v) is 21.1. The van der Waals surface area contributed by atoms with E-state index in [2.05, 4.69) is 47.7 Å². The molecule has 2 aliphatic rings. The minimum atomic E-state index is 0. The number of morpholine rings is 1. The molecule has 1 saturated heterocycles. The van der Waals surface area contributed by atoms with Crippen molar-refractivity contribution in [2.24, 2.45) is 4.99 Å². The first-order valence-electron chi connectivity index (χ1n) is 11.0. The third-order valence-electron chi connectivity index (χ3n) is 5.52. The molecule has 4 rings (SSSR count). The quantitative estimate of drug-likeness (QED) is 0.336. The number of nitrogens with zero attached hydrogens (tertiary/aromatic N) is 2. The highest BCUT2D eigenvalue weighted by Gasteiger charge is 2.18.